The van der Waals surface area contributed by atoms with Gasteiger partial charge in [0.15, 0.2) is 11.5 Å². The largest absolute Gasteiger partial charge is 0.493 e. The summed E-state index contributed by atoms with van der Waals surface area (Å²) in [6, 6.07) is 5.63. The van der Waals surface area contributed by atoms with Crippen molar-refractivity contribution in [3.05, 3.63) is 54.4 Å². The van der Waals surface area contributed by atoms with Crippen molar-refractivity contribution in [2.75, 3.05) is 19.5 Å². The smallest absolute Gasteiger partial charge is 0.221 e. The number of rotatable bonds is 7. The van der Waals surface area contributed by atoms with E-state index >= 15 is 0 Å². The molecule has 0 amide bonds. The van der Waals surface area contributed by atoms with Gasteiger partial charge in [-0.25, -0.2) is 14.6 Å². The van der Waals surface area contributed by atoms with E-state index in [2.05, 4.69) is 15.1 Å². The van der Waals surface area contributed by atoms with Gasteiger partial charge in [0.1, 0.15) is 6.61 Å². The van der Waals surface area contributed by atoms with Crippen LogP contribution in [0.1, 0.15) is 11.3 Å². The van der Waals surface area contributed by atoms with Crippen molar-refractivity contribution >= 4 is 12.2 Å². The van der Waals surface area contributed by atoms with Gasteiger partial charge in [0, 0.05) is 18.0 Å². The molecule has 0 saturated heterocycles. The molecule has 2 aromatic heterocycles. The van der Waals surface area contributed by atoms with Crippen molar-refractivity contribution in [2.45, 2.75) is 13.5 Å². The number of hydrogen-bond acceptors (Lipinski definition) is 6. The van der Waals surface area contributed by atoms with Crippen LogP contribution >= 0.6 is 0 Å². The Morgan fingerprint density at radius 2 is 2.24 bits per heavy atom. The number of anilines is 1. The molecule has 0 atom stereocenters. The van der Waals surface area contributed by atoms with E-state index in [9.17, 15) is 0 Å². The number of nitrogens with two attached hydrogens (primary N) is 1. The van der Waals surface area contributed by atoms with Gasteiger partial charge in [-0.3, -0.25) is 0 Å². The fraction of sp³-hybridized carbons (Fsp3) is 0.235. The van der Waals surface area contributed by atoms with Crippen LogP contribution in [-0.4, -0.2) is 39.1 Å². The average Bonchev–Trinajstić information content (AvgIpc) is 3.23. The fourth-order valence-electron chi connectivity index (χ4n) is 2.34. The van der Waals surface area contributed by atoms with Gasteiger partial charge >= 0.3 is 0 Å². The Morgan fingerprint density at radius 1 is 1.36 bits per heavy atom. The van der Waals surface area contributed by atoms with Crippen molar-refractivity contribution in [1.82, 2.24) is 19.2 Å². The summed E-state index contributed by atoms with van der Waals surface area (Å²) in [5, 5.41) is 4.34. The van der Waals surface area contributed by atoms with Crippen molar-refractivity contribution in [3.63, 3.8) is 0 Å². The third kappa shape index (κ3) is 3.97. The normalized spacial score (nSPS) is 11.1. The Morgan fingerprint density at radius 3 is 2.92 bits per heavy atom. The summed E-state index contributed by atoms with van der Waals surface area (Å²) in [5.41, 5.74) is 7.40. The summed E-state index contributed by atoms with van der Waals surface area (Å²) < 4.78 is 14.8. The number of para-hydroxylation sites is 1. The Bertz CT molecular complexity index is 854. The lowest BCUT2D eigenvalue weighted by molar-refractivity contribution is 0.279. The lowest BCUT2D eigenvalue weighted by Gasteiger charge is -2.13. The highest BCUT2D eigenvalue weighted by atomic mass is 16.5. The molecule has 0 spiro atoms. The fourth-order valence-corrected chi connectivity index (χ4v) is 2.34. The zero-order chi connectivity index (χ0) is 17.6. The van der Waals surface area contributed by atoms with Crippen molar-refractivity contribution in [1.29, 1.82) is 0 Å². The number of aromatic nitrogens is 4. The second kappa shape index (κ2) is 7.52. The quantitative estimate of drug-likeness (QED) is 0.664. The van der Waals surface area contributed by atoms with Crippen LogP contribution in [0.4, 0.5) is 5.95 Å². The molecule has 3 aromatic rings. The van der Waals surface area contributed by atoms with Gasteiger partial charge in [-0.2, -0.15) is 5.10 Å². The minimum Gasteiger partial charge on any atom is -0.493 e. The zero-order valence-electron chi connectivity index (χ0n) is 14.2. The van der Waals surface area contributed by atoms with Crippen LogP contribution in [-0.2, 0) is 6.54 Å². The van der Waals surface area contributed by atoms with Crippen molar-refractivity contribution in [3.8, 4) is 11.5 Å². The molecule has 1 aromatic carbocycles. The topological polar surface area (TPSA) is 92.5 Å². The van der Waals surface area contributed by atoms with Gasteiger partial charge in [0.25, 0.3) is 0 Å². The first-order valence-electron chi connectivity index (χ1n) is 7.78. The third-order valence-electron chi connectivity index (χ3n) is 3.54. The number of imidazole rings is 2. The summed E-state index contributed by atoms with van der Waals surface area (Å²) in [4.78, 5) is 8.13. The molecule has 0 radical (unpaired) electrons. The van der Waals surface area contributed by atoms with Gasteiger partial charge in [0.2, 0.25) is 5.95 Å². The van der Waals surface area contributed by atoms with Gasteiger partial charge < -0.3 is 19.8 Å². The van der Waals surface area contributed by atoms with E-state index in [0.29, 0.717) is 30.6 Å². The highest BCUT2D eigenvalue weighted by Crippen LogP contribution is 2.30. The van der Waals surface area contributed by atoms with Crippen LogP contribution in [0.15, 0.2) is 48.2 Å². The molecular formula is C17H20N6O2. The van der Waals surface area contributed by atoms with Crippen molar-refractivity contribution < 1.29 is 9.47 Å². The van der Waals surface area contributed by atoms with E-state index in [1.807, 2.05) is 35.9 Å². The number of nitrogen functional groups attached to an aromatic ring is 1. The molecular weight excluding hydrogens is 320 g/mol. The number of benzene rings is 1. The molecule has 2 heterocycles. The van der Waals surface area contributed by atoms with Crippen LogP contribution in [0.2, 0.25) is 0 Å². The third-order valence-corrected chi connectivity index (χ3v) is 3.54. The van der Waals surface area contributed by atoms with E-state index in [-0.39, 0.29) is 0 Å². The molecule has 130 valence electrons. The number of methoxy groups -OCH3 is 1. The molecule has 0 bridgehead atoms. The summed E-state index contributed by atoms with van der Waals surface area (Å²) in [6.45, 7) is 3.02. The summed E-state index contributed by atoms with van der Waals surface area (Å²) in [7, 11) is 1.61. The van der Waals surface area contributed by atoms with Crippen LogP contribution < -0.4 is 15.2 Å². The standard InChI is InChI=1S/C17H20N6O2/c1-13-11-23(17(18)21-13)20-10-14-4-3-5-15(24-2)16(14)25-9-8-22-7-6-19-12-22/h3-7,10-12H,8-9H2,1-2H3,(H2,18,21). The lowest BCUT2D eigenvalue weighted by Crippen LogP contribution is -2.08. The molecule has 0 fully saturated rings. The van der Waals surface area contributed by atoms with Crippen LogP contribution in [0.3, 0.4) is 0 Å². The summed E-state index contributed by atoms with van der Waals surface area (Å²) in [6.07, 6.45) is 8.80. The van der Waals surface area contributed by atoms with E-state index in [0.717, 1.165) is 11.3 Å². The summed E-state index contributed by atoms with van der Waals surface area (Å²) in [5.74, 6) is 1.60. The summed E-state index contributed by atoms with van der Waals surface area (Å²) >= 11 is 0. The highest BCUT2D eigenvalue weighted by molar-refractivity contribution is 5.85. The zero-order valence-corrected chi connectivity index (χ0v) is 14.2. The molecule has 0 unspecified atom stereocenters. The molecule has 25 heavy (non-hydrogen) atoms. The monoisotopic (exact) mass is 340 g/mol. The molecule has 2 N–H and O–H groups in total. The predicted octanol–water partition coefficient (Wildman–Crippen LogP) is 1.94. The van der Waals surface area contributed by atoms with Gasteiger partial charge in [-0.05, 0) is 19.1 Å². The molecule has 3 rings (SSSR count). The molecule has 0 aliphatic rings. The Balaban J connectivity index is 1.79. The first kappa shape index (κ1) is 16.6. The lowest BCUT2D eigenvalue weighted by atomic mass is 10.2. The molecule has 0 aliphatic carbocycles. The number of nitrogens with zero attached hydrogens (tertiary/aromatic N) is 5. The average molecular weight is 340 g/mol. The highest BCUT2D eigenvalue weighted by Gasteiger charge is 2.10. The predicted molar refractivity (Wildman–Crippen MR) is 95.1 cm³/mol. The number of aryl methyl sites for hydroxylation is 1. The van der Waals surface area contributed by atoms with E-state index < -0.39 is 0 Å². The minimum atomic E-state index is 0.333. The van der Waals surface area contributed by atoms with Crippen LogP contribution in [0.5, 0.6) is 11.5 Å². The maximum atomic E-state index is 5.94. The first-order chi connectivity index (χ1) is 12.2. The van der Waals surface area contributed by atoms with E-state index in [4.69, 9.17) is 15.2 Å². The van der Waals surface area contributed by atoms with Crippen LogP contribution in [0, 0.1) is 6.92 Å². The maximum Gasteiger partial charge on any atom is 0.221 e. The molecule has 8 nitrogen and oxygen atoms in total. The van der Waals surface area contributed by atoms with Crippen molar-refractivity contribution in [2.24, 2.45) is 5.10 Å². The molecule has 0 saturated carbocycles. The van der Waals surface area contributed by atoms with Crippen LogP contribution in [0.25, 0.3) is 0 Å². The Hall–Kier alpha value is -3.29. The van der Waals surface area contributed by atoms with E-state index in [1.54, 1.807) is 32.0 Å². The number of ether oxygens (including phenoxy) is 2. The minimum absolute atomic E-state index is 0.333. The Kier molecular flexibility index (Phi) is 4.98. The Labute approximate surface area is 145 Å². The first-order valence-corrected chi connectivity index (χ1v) is 7.78. The molecule has 8 heteroatoms. The maximum absolute atomic E-state index is 5.94. The van der Waals surface area contributed by atoms with Gasteiger partial charge in [0.05, 0.1) is 38.1 Å². The van der Waals surface area contributed by atoms with Gasteiger partial charge in [-0.15, -0.1) is 0 Å². The SMILES string of the molecule is COc1cccc(C=Nn2cc(C)nc2N)c1OCCn1ccnc1. The second-order valence-corrected chi connectivity index (χ2v) is 5.36. The number of hydrogen-bond donors (Lipinski definition) is 1. The van der Waals surface area contributed by atoms with Gasteiger partial charge in [-0.1, -0.05) is 6.07 Å². The second-order valence-electron chi connectivity index (χ2n) is 5.36. The van der Waals surface area contributed by atoms with E-state index in [1.165, 1.54) is 4.68 Å². The molecule has 0 aliphatic heterocycles.